The third-order valence-corrected chi connectivity index (χ3v) is 6.58. The average molecular weight is 398 g/mol. The lowest BCUT2D eigenvalue weighted by atomic mass is 9.72. The molecular formula is C24H25Cl2N. The van der Waals surface area contributed by atoms with Crippen molar-refractivity contribution in [1.29, 1.82) is 0 Å². The molecule has 0 amide bonds. The van der Waals surface area contributed by atoms with Crippen LogP contribution in [0.3, 0.4) is 0 Å². The smallest absolute Gasteiger partial charge is 0.0599 e. The fourth-order valence-electron chi connectivity index (χ4n) is 4.21. The minimum absolute atomic E-state index is 0.330. The Balaban J connectivity index is 1.88. The van der Waals surface area contributed by atoms with Crippen molar-refractivity contribution >= 4 is 23.2 Å². The Labute approximate surface area is 171 Å². The number of halogens is 2. The third-order valence-electron chi connectivity index (χ3n) is 5.84. The summed E-state index contributed by atoms with van der Waals surface area (Å²) in [5, 5.41) is 1.19. The average Bonchev–Trinajstić information content (AvgIpc) is 3.02. The predicted octanol–water partition coefficient (Wildman–Crippen LogP) is 7.60. The lowest BCUT2D eigenvalue weighted by Gasteiger charge is -2.34. The molecule has 1 atom stereocenters. The molecule has 0 fully saturated rings. The molecule has 140 valence electrons. The minimum atomic E-state index is 0.330. The van der Waals surface area contributed by atoms with Gasteiger partial charge in [0.25, 0.3) is 0 Å². The molecule has 4 rings (SSSR count). The van der Waals surface area contributed by atoms with E-state index in [1.807, 2.05) is 12.1 Å². The molecule has 1 nitrogen and oxygen atoms in total. The number of hydrogen-bond donors (Lipinski definition) is 0. The van der Waals surface area contributed by atoms with Gasteiger partial charge in [-0.3, -0.25) is 0 Å². The normalized spacial score (nSPS) is 17.0. The first-order valence-corrected chi connectivity index (χ1v) is 10.3. The Morgan fingerprint density at radius 2 is 1.67 bits per heavy atom. The molecule has 0 N–H and O–H groups in total. The molecule has 1 heterocycles. The first-order valence-electron chi connectivity index (χ1n) is 9.59. The van der Waals surface area contributed by atoms with Crippen LogP contribution in [0.5, 0.6) is 0 Å². The monoisotopic (exact) mass is 397 g/mol. The van der Waals surface area contributed by atoms with E-state index in [-0.39, 0.29) is 0 Å². The van der Waals surface area contributed by atoms with Crippen LogP contribution in [-0.4, -0.2) is 4.57 Å². The van der Waals surface area contributed by atoms with Crippen molar-refractivity contribution < 1.29 is 0 Å². The van der Waals surface area contributed by atoms with Gasteiger partial charge in [-0.1, -0.05) is 68.2 Å². The van der Waals surface area contributed by atoms with Crippen molar-refractivity contribution in [3.05, 3.63) is 75.9 Å². The molecule has 3 heteroatoms. The molecule has 0 radical (unpaired) electrons. The molecule has 0 spiro atoms. The SMILES string of the molecule is CC(C)(C)C1CCc2c(cc(-c3ccc(Cl)c(Cl)c3)n2-c2ccccc2)C1. The maximum atomic E-state index is 6.33. The van der Waals surface area contributed by atoms with Crippen molar-refractivity contribution in [1.82, 2.24) is 4.57 Å². The summed E-state index contributed by atoms with van der Waals surface area (Å²) in [6, 6.07) is 18.9. The number of para-hydroxylation sites is 1. The van der Waals surface area contributed by atoms with E-state index in [1.165, 1.54) is 29.1 Å². The molecule has 1 aliphatic rings. The van der Waals surface area contributed by atoms with Gasteiger partial charge in [-0.2, -0.15) is 0 Å². The van der Waals surface area contributed by atoms with Crippen LogP contribution in [0.4, 0.5) is 0 Å². The van der Waals surface area contributed by atoms with Crippen LogP contribution in [0.25, 0.3) is 16.9 Å². The molecule has 2 aromatic carbocycles. The highest BCUT2D eigenvalue weighted by molar-refractivity contribution is 6.42. The van der Waals surface area contributed by atoms with Gasteiger partial charge in [-0.15, -0.1) is 0 Å². The van der Waals surface area contributed by atoms with Crippen LogP contribution < -0.4 is 0 Å². The van der Waals surface area contributed by atoms with E-state index in [1.54, 1.807) is 0 Å². The van der Waals surface area contributed by atoms with E-state index in [4.69, 9.17) is 23.2 Å². The van der Waals surface area contributed by atoms with Gasteiger partial charge in [0.05, 0.1) is 15.7 Å². The summed E-state index contributed by atoms with van der Waals surface area (Å²) in [6.45, 7) is 7.07. The number of benzene rings is 2. The standard InChI is InChI=1S/C24H25Cl2N/c1-24(2,3)18-10-12-22-17(13-18)15-23(16-9-11-20(25)21(26)14-16)27(22)19-7-5-4-6-8-19/h4-9,11,14-15,18H,10,12-13H2,1-3H3. The Morgan fingerprint density at radius 3 is 2.33 bits per heavy atom. The molecule has 0 bridgehead atoms. The minimum Gasteiger partial charge on any atom is -0.313 e. The van der Waals surface area contributed by atoms with E-state index >= 15 is 0 Å². The topological polar surface area (TPSA) is 4.93 Å². The number of nitrogens with zero attached hydrogens (tertiary/aromatic N) is 1. The van der Waals surface area contributed by atoms with Crippen LogP contribution in [0, 0.1) is 11.3 Å². The van der Waals surface area contributed by atoms with Crippen molar-refractivity contribution in [2.45, 2.75) is 40.0 Å². The predicted molar refractivity (Wildman–Crippen MR) is 116 cm³/mol. The van der Waals surface area contributed by atoms with Gasteiger partial charge in [-0.25, -0.2) is 0 Å². The molecule has 1 aliphatic carbocycles. The Hall–Kier alpha value is -1.70. The van der Waals surface area contributed by atoms with Gasteiger partial charge in [0.2, 0.25) is 0 Å². The second kappa shape index (κ2) is 7.04. The zero-order chi connectivity index (χ0) is 19.2. The van der Waals surface area contributed by atoms with Crippen LogP contribution in [0.15, 0.2) is 54.6 Å². The Kier molecular flexibility index (Phi) is 4.86. The first-order chi connectivity index (χ1) is 12.8. The fourth-order valence-corrected chi connectivity index (χ4v) is 4.51. The van der Waals surface area contributed by atoms with Gasteiger partial charge < -0.3 is 4.57 Å². The maximum Gasteiger partial charge on any atom is 0.0599 e. The second-order valence-corrected chi connectivity index (χ2v) is 9.42. The lowest BCUT2D eigenvalue weighted by Crippen LogP contribution is -2.27. The number of aromatic nitrogens is 1. The summed E-state index contributed by atoms with van der Waals surface area (Å²) >= 11 is 12.5. The lowest BCUT2D eigenvalue weighted by molar-refractivity contribution is 0.215. The molecule has 27 heavy (non-hydrogen) atoms. The van der Waals surface area contributed by atoms with Gasteiger partial charge >= 0.3 is 0 Å². The Bertz CT molecular complexity index is 964. The van der Waals surface area contributed by atoms with Crippen molar-refractivity contribution in [2.75, 3.05) is 0 Å². The Morgan fingerprint density at radius 1 is 0.926 bits per heavy atom. The highest BCUT2D eigenvalue weighted by Crippen LogP contribution is 2.41. The highest BCUT2D eigenvalue weighted by atomic mass is 35.5. The molecule has 0 saturated heterocycles. The number of hydrogen-bond acceptors (Lipinski definition) is 0. The fraction of sp³-hybridized carbons (Fsp3) is 0.333. The van der Waals surface area contributed by atoms with Crippen LogP contribution in [0.2, 0.25) is 10.0 Å². The summed E-state index contributed by atoms with van der Waals surface area (Å²) < 4.78 is 2.41. The van der Waals surface area contributed by atoms with Crippen molar-refractivity contribution in [2.24, 2.45) is 11.3 Å². The molecule has 1 unspecified atom stereocenters. The summed E-state index contributed by atoms with van der Waals surface area (Å²) in [6.07, 6.45) is 3.47. The summed E-state index contributed by atoms with van der Waals surface area (Å²) in [4.78, 5) is 0. The molecule has 3 aromatic rings. The zero-order valence-corrected chi connectivity index (χ0v) is 17.6. The van der Waals surface area contributed by atoms with E-state index in [9.17, 15) is 0 Å². The largest absolute Gasteiger partial charge is 0.313 e. The molecule has 0 saturated carbocycles. The summed E-state index contributed by atoms with van der Waals surface area (Å²) in [5.74, 6) is 0.707. The molecular weight excluding hydrogens is 373 g/mol. The quantitative estimate of drug-likeness (QED) is 0.419. The number of fused-ring (bicyclic) bond motifs is 1. The molecule has 1 aromatic heterocycles. The van der Waals surface area contributed by atoms with Gasteiger partial charge in [0.15, 0.2) is 0 Å². The number of rotatable bonds is 2. The van der Waals surface area contributed by atoms with Gasteiger partial charge in [0.1, 0.15) is 0 Å². The highest BCUT2D eigenvalue weighted by Gasteiger charge is 2.31. The van der Waals surface area contributed by atoms with Crippen molar-refractivity contribution in [3.8, 4) is 16.9 Å². The second-order valence-electron chi connectivity index (χ2n) is 8.61. The van der Waals surface area contributed by atoms with Crippen LogP contribution in [-0.2, 0) is 12.8 Å². The van der Waals surface area contributed by atoms with Gasteiger partial charge in [0, 0.05) is 16.9 Å². The van der Waals surface area contributed by atoms with Crippen LogP contribution in [0.1, 0.15) is 38.4 Å². The van der Waals surface area contributed by atoms with E-state index in [0.29, 0.717) is 21.4 Å². The third kappa shape index (κ3) is 3.56. The summed E-state index contributed by atoms with van der Waals surface area (Å²) in [5.41, 5.74) is 6.73. The van der Waals surface area contributed by atoms with Crippen molar-refractivity contribution in [3.63, 3.8) is 0 Å². The summed E-state index contributed by atoms with van der Waals surface area (Å²) in [7, 11) is 0. The maximum absolute atomic E-state index is 6.33. The van der Waals surface area contributed by atoms with Crippen LogP contribution >= 0.6 is 23.2 Å². The molecule has 0 aliphatic heterocycles. The first kappa shape index (κ1) is 18.7. The van der Waals surface area contributed by atoms with E-state index < -0.39 is 0 Å². The van der Waals surface area contributed by atoms with E-state index in [2.05, 4.69) is 67.8 Å². The van der Waals surface area contributed by atoms with Gasteiger partial charge in [-0.05, 0) is 66.5 Å². The zero-order valence-electron chi connectivity index (χ0n) is 16.1. The van der Waals surface area contributed by atoms with E-state index in [0.717, 1.165) is 18.4 Å².